The fourth-order valence-electron chi connectivity index (χ4n) is 2.29. The molecule has 1 saturated carbocycles. The van der Waals surface area contributed by atoms with Crippen molar-refractivity contribution in [2.45, 2.75) is 51.6 Å². The van der Waals surface area contributed by atoms with Crippen molar-refractivity contribution in [2.24, 2.45) is 5.92 Å². The van der Waals surface area contributed by atoms with Gasteiger partial charge in [0.1, 0.15) is 0 Å². The Morgan fingerprint density at radius 1 is 1.36 bits per heavy atom. The number of rotatable bonds is 5. The molecule has 2 heteroatoms. The standard InChI is InChI=1S/C12H26N2/c1-10-6-5-7-12(10)13-11(2)8-9-14(3)4/h10-13H,5-9H2,1-4H3. The molecule has 0 amide bonds. The minimum absolute atomic E-state index is 0.669. The van der Waals surface area contributed by atoms with Gasteiger partial charge in [0.15, 0.2) is 0 Å². The third kappa shape index (κ3) is 3.97. The lowest BCUT2D eigenvalue weighted by atomic mass is 10.0. The maximum atomic E-state index is 3.76. The zero-order chi connectivity index (χ0) is 10.6. The van der Waals surface area contributed by atoms with E-state index >= 15 is 0 Å². The molecule has 0 spiro atoms. The molecular formula is C12H26N2. The van der Waals surface area contributed by atoms with Gasteiger partial charge in [0.25, 0.3) is 0 Å². The van der Waals surface area contributed by atoms with Crippen LogP contribution < -0.4 is 5.32 Å². The molecule has 2 nitrogen and oxygen atoms in total. The molecule has 14 heavy (non-hydrogen) atoms. The van der Waals surface area contributed by atoms with Crippen LogP contribution in [0.15, 0.2) is 0 Å². The first kappa shape index (κ1) is 12.0. The second-order valence-corrected chi connectivity index (χ2v) is 5.17. The van der Waals surface area contributed by atoms with Crippen molar-refractivity contribution in [3.8, 4) is 0 Å². The summed E-state index contributed by atoms with van der Waals surface area (Å²) in [6.45, 7) is 5.88. The zero-order valence-corrected chi connectivity index (χ0v) is 10.2. The average Bonchev–Trinajstić information content (AvgIpc) is 2.49. The first-order valence-corrected chi connectivity index (χ1v) is 6.00. The van der Waals surface area contributed by atoms with Crippen LogP contribution in [0, 0.1) is 5.92 Å². The van der Waals surface area contributed by atoms with Crippen LogP contribution in [0.25, 0.3) is 0 Å². The van der Waals surface area contributed by atoms with Gasteiger partial charge in [-0.1, -0.05) is 13.3 Å². The smallest absolute Gasteiger partial charge is 0.00951 e. The highest BCUT2D eigenvalue weighted by molar-refractivity contribution is 4.82. The zero-order valence-electron chi connectivity index (χ0n) is 10.2. The van der Waals surface area contributed by atoms with Crippen LogP contribution in [0.4, 0.5) is 0 Å². The summed E-state index contributed by atoms with van der Waals surface area (Å²) in [5, 5.41) is 3.76. The fourth-order valence-corrected chi connectivity index (χ4v) is 2.29. The lowest BCUT2D eigenvalue weighted by Crippen LogP contribution is -2.39. The van der Waals surface area contributed by atoms with Crippen molar-refractivity contribution in [1.82, 2.24) is 10.2 Å². The Bertz CT molecular complexity index is 156. The van der Waals surface area contributed by atoms with Crippen molar-refractivity contribution in [1.29, 1.82) is 0 Å². The van der Waals surface area contributed by atoms with Crippen LogP contribution in [-0.4, -0.2) is 37.6 Å². The van der Waals surface area contributed by atoms with Gasteiger partial charge in [-0.25, -0.2) is 0 Å². The van der Waals surface area contributed by atoms with Gasteiger partial charge in [0.05, 0.1) is 0 Å². The molecule has 1 fully saturated rings. The Kier molecular flexibility index (Phi) is 4.90. The Hall–Kier alpha value is -0.0800. The average molecular weight is 198 g/mol. The Balaban J connectivity index is 2.16. The highest BCUT2D eigenvalue weighted by atomic mass is 15.1. The molecule has 1 aliphatic carbocycles. The van der Waals surface area contributed by atoms with Crippen LogP contribution in [-0.2, 0) is 0 Å². The number of hydrogen-bond donors (Lipinski definition) is 1. The molecule has 1 aliphatic rings. The van der Waals surface area contributed by atoms with Crippen LogP contribution in [0.1, 0.15) is 39.5 Å². The summed E-state index contributed by atoms with van der Waals surface area (Å²) in [4.78, 5) is 2.26. The second kappa shape index (κ2) is 5.72. The van der Waals surface area contributed by atoms with E-state index in [9.17, 15) is 0 Å². The van der Waals surface area contributed by atoms with Crippen LogP contribution in [0.3, 0.4) is 0 Å². The topological polar surface area (TPSA) is 15.3 Å². The summed E-state index contributed by atoms with van der Waals surface area (Å²) >= 11 is 0. The van der Waals surface area contributed by atoms with Gasteiger partial charge < -0.3 is 10.2 Å². The minimum atomic E-state index is 0.669. The van der Waals surface area contributed by atoms with Gasteiger partial charge in [-0.15, -0.1) is 0 Å². The van der Waals surface area contributed by atoms with Crippen molar-refractivity contribution in [3.05, 3.63) is 0 Å². The van der Waals surface area contributed by atoms with Gasteiger partial charge in [0.2, 0.25) is 0 Å². The number of nitrogens with one attached hydrogen (secondary N) is 1. The van der Waals surface area contributed by atoms with E-state index in [4.69, 9.17) is 0 Å². The summed E-state index contributed by atoms with van der Waals surface area (Å²) in [5.41, 5.74) is 0. The molecule has 0 aliphatic heterocycles. The highest BCUT2D eigenvalue weighted by Gasteiger charge is 2.23. The van der Waals surface area contributed by atoms with E-state index in [0.29, 0.717) is 6.04 Å². The maximum absolute atomic E-state index is 3.76. The van der Waals surface area contributed by atoms with Crippen LogP contribution in [0.5, 0.6) is 0 Å². The molecule has 0 saturated heterocycles. The van der Waals surface area contributed by atoms with Gasteiger partial charge in [-0.2, -0.15) is 0 Å². The third-order valence-electron chi connectivity index (χ3n) is 3.37. The summed E-state index contributed by atoms with van der Waals surface area (Å²) in [6.07, 6.45) is 5.47. The fraction of sp³-hybridized carbons (Fsp3) is 1.00. The highest BCUT2D eigenvalue weighted by Crippen LogP contribution is 2.25. The van der Waals surface area contributed by atoms with Crippen molar-refractivity contribution in [3.63, 3.8) is 0 Å². The van der Waals surface area contributed by atoms with E-state index in [1.807, 2.05) is 0 Å². The van der Waals surface area contributed by atoms with Gasteiger partial charge in [-0.3, -0.25) is 0 Å². The molecule has 0 aromatic rings. The SMILES string of the molecule is CC(CCN(C)C)NC1CCCC1C. The van der Waals surface area contributed by atoms with E-state index in [-0.39, 0.29) is 0 Å². The molecule has 1 N–H and O–H groups in total. The molecule has 0 aromatic carbocycles. The van der Waals surface area contributed by atoms with Crippen molar-refractivity contribution < 1.29 is 0 Å². The summed E-state index contributed by atoms with van der Waals surface area (Å²) < 4.78 is 0. The monoisotopic (exact) mass is 198 g/mol. The first-order chi connectivity index (χ1) is 6.59. The quantitative estimate of drug-likeness (QED) is 0.728. The second-order valence-electron chi connectivity index (χ2n) is 5.17. The maximum Gasteiger partial charge on any atom is 0.00951 e. The molecule has 0 aromatic heterocycles. The first-order valence-electron chi connectivity index (χ1n) is 6.00. The lowest BCUT2D eigenvalue weighted by molar-refractivity contribution is 0.328. The van der Waals surface area contributed by atoms with Gasteiger partial charge in [-0.05, 0) is 52.7 Å². The van der Waals surface area contributed by atoms with E-state index in [1.165, 1.54) is 32.2 Å². The molecule has 1 rings (SSSR count). The molecular weight excluding hydrogens is 172 g/mol. The summed E-state index contributed by atoms with van der Waals surface area (Å²) in [5.74, 6) is 0.886. The number of hydrogen-bond acceptors (Lipinski definition) is 2. The van der Waals surface area contributed by atoms with E-state index < -0.39 is 0 Å². The molecule has 84 valence electrons. The normalized spacial score (nSPS) is 29.8. The largest absolute Gasteiger partial charge is 0.311 e. The Labute approximate surface area is 89.1 Å². The van der Waals surface area contributed by atoms with Crippen LogP contribution in [0.2, 0.25) is 0 Å². The predicted octanol–water partition coefficient (Wildman–Crippen LogP) is 2.10. The number of nitrogens with zero attached hydrogens (tertiary/aromatic N) is 1. The summed E-state index contributed by atoms with van der Waals surface area (Å²) in [6, 6.07) is 1.45. The van der Waals surface area contributed by atoms with Crippen molar-refractivity contribution in [2.75, 3.05) is 20.6 Å². The van der Waals surface area contributed by atoms with Gasteiger partial charge >= 0.3 is 0 Å². The molecule has 0 bridgehead atoms. The predicted molar refractivity (Wildman–Crippen MR) is 62.6 cm³/mol. The third-order valence-corrected chi connectivity index (χ3v) is 3.37. The molecule has 3 unspecified atom stereocenters. The van der Waals surface area contributed by atoms with Crippen LogP contribution >= 0.6 is 0 Å². The Morgan fingerprint density at radius 3 is 2.57 bits per heavy atom. The van der Waals surface area contributed by atoms with Crippen molar-refractivity contribution >= 4 is 0 Å². The van der Waals surface area contributed by atoms with E-state index in [2.05, 4.69) is 38.2 Å². The summed E-state index contributed by atoms with van der Waals surface area (Å²) in [7, 11) is 4.29. The van der Waals surface area contributed by atoms with Gasteiger partial charge in [0, 0.05) is 12.1 Å². The molecule has 0 heterocycles. The minimum Gasteiger partial charge on any atom is -0.311 e. The van der Waals surface area contributed by atoms with E-state index in [0.717, 1.165) is 12.0 Å². The molecule has 0 radical (unpaired) electrons. The van der Waals surface area contributed by atoms with E-state index in [1.54, 1.807) is 0 Å². The molecule has 3 atom stereocenters. The Morgan fingerprint density at radius 2 is 2.07 bits per heavy atom. The lowest BCUT2D eigenvalue weighted by Gasteiger charge is -2.23.